The van der Waals surface area contributed by atoms with Gasteiger partial charge in [0.25, 0.3) is 5.91 Å². The van der Waals surface area contributed by atoms with Crippen molar-refractivity contribution in [3.63, 3.8) is 0 Å². The van der Waals surface area contributed by atoms with Crippen molar-refractivity contribution in [3.8, 4) is 5.75 Å². The van der Waals surface area contributed by atoms with Crippen molar-refractivity contribution in [2.45, 2.75) is 25.8 Å². The molecule has 2 aromatic heterocycles. The fourth-order valence-electron chi connectivity index (χ4n) is 2.76. The molecule has 0 aliphatic heterocycles. The monoisotopic (exact) mass is 322 g/mol. The molecule has 6 heteroatoms. The second-order valence-corrected chi connectivity index (χ2v) is 6.08. The van der Waals surface area contributed by atoms with E-state index in [9.17, 15) is 4.79 Å². The van der Waals surface area contributed by atoms with E-state index >= 15 is 0 Å². The third-order valence-corrected chi connectivity index (χ3v) is 4.30. The number of hydrogen-bond acceptors (Lipinski definition) is 4. The Hall–Kier alpha value is -2.89. The number of nitrogens with zero attached hydrogens (tertiary/aromatic N) is 3. The summed E-state index contributed by atoms with van der Waals surface area (Å²) >= 11 is 0. The van der Waals surface area contributed by atoms with Crippen molar-refractivity contribution in [2.75, 3.05) is 12.4 Å². The largest absolute Gasteiger partial charge is 0.497 e. The number of ether oxygens (including phenoxy) is 1. The van der Waals surface area contributed by atoms with Crippen LogP contribution in [0, 0.1) is 6.92 Å². The molecule has 1 aliphatic rings. The first-order chi connectivity index (χ1) is 11.7. The van der Waals surface area contributed by atoms with E-state index in [0.717, 1.165) is 28.2 Å². The highest BCUT2D eigenvalue weighted by molar-refractivity contribution is 6.05. The van der Waals surface area contributed by atoms with Crippen LogP contribution in [0.4, 0.5) is 5.69 Å². The summed E-state index contributed by atoms with van der Waals surface area (Å²) < 4.78 is 7.27. The van der Waals surface area contributed by atoms with Gasteiger partial charge < -0.3 is 14.6 Å². The minimum Gasteiger partial charge on any atom is -0.497 e. The molecular formula is C18H18N4O2. The summed E-state index contributed by atoms with van der Waals surface area (Å²) in [5, 5.41) is 2.92. The van der Waals surface area contributed by atoms with Gasteiger partial charge in [-0.25, -0.2) is 9.97 Å². The van der Waals surface area contributed by atoms with Crippen LogP contribution in [0.5, 0.6) is 5.75 Å². The maximum absolute atomic E-state index is 12.5. The summed E-state index contributed by atoms with van der Waals surface area (Å²) in [6, 6.07) is 7.84. The predicted molar refractivity (Wildman–Crippen MR) is 91.5 cm³/mol. The standard InChI is InChI=1S/C18H18N4O2/c1-11-7-14(24-2)5-6-15(11)21-18(23)12-8-16-17(19-9-12)22(10-20-16)13-3-4-13/h5-10,13H,3-4H2,1-2H3,(H,21,23). The normalized spacial score (nSPS) is 13.9. The van der Waals surface area contributed by atoms with Crippen LogP contribution in [0.2, 0.25) is 0 Å². The number of carbonyl (C=O) groups excluding carboxylic acids is 1. The number of anilines is 1. The van der Waals surface area contributed by atoms with E-state index in [0.29, 0.717) is 11.6 Å². The first-order valence-corrected chi connectivity index (χ1v) is 7.94. The molecule has 2 heterocycles. The number of fused-ring (bicyclic) bond motifs is 1. The first kappa shape index (κ1) is 14.7. The van der Waals surface area contributed by atoms with Crippen LogP contribution in [0.1, 0.15) is 34.8 Å². The summed E-state index contributed by atoms with van der Waals surface area (Å²) in [5.41, 5.74) is 3.79. The third-order valence-electron chi connectivity index (χ3n) is 4.30. The van der Waals surface area contributed by atoms with Crippen LogP contribution in [-0.2, 0) is 0 Å². The van der Waals surface area contributed by atoms with Crippen LogP contribution in [-0.4, -0.2) is 27.6 Å². The lowest BCUT2D eigenvalue weighted by Crippen LogP contribution is -2.13. The fraction of sp³-hybridized carbons (Fsp3) is 0.278. The van der Waals surface area contributed by atoms with Gasteiger partial charge in [0.15, 0.2) is 5.65 Å². The second kappa shape index (κ2) is 5.63. The van der Waals surface area contributed by atoms with Crippen LogP contribution in [0.3, 0.4) is 0 Å². The minimum absolute atomic E-state index is 0.196. The number of nitrogens with one attached hydrogen (secondary N) is 1. The van der Waals surface area contributed by atoms with Gasteiger partial charge >= 0.3 is 0 Å². The van der Waals surface area contributed by atoms with Crippen LogP contribution >= 0.6 is 0 Å². The summed E-state index contributed by atoms with van der Waals surface area (Å²) in [6.07, 6.45) is 5.76. The number of hydrogen-bond donors (Lipinski definition) is 1. The number of amides is 1. The molecule has 0 atom stereocenters. The van der Waals surface area contributed by atoms with E-state index in [4.69, 9.17) is 4.74 Å². The Balaban J connectivity index is 1.59. The van der Waals surface area contributed by atoms with E-state index < -0.39 is 0 Å². The number of aromatic nitrogens is 3. The van der Waals surface area contributed by atoms with Crippen molar-refractivity contribution in [1.82, 2.24) is 14.5 Å². The Bertz CT molecular complexity index is 928. The average molecular weight is 322 g/mol. The van der Waals surface area contributed by atoms with Crippen molar-refractivity contribution >= 4 is 22.8 Å². The summed E-state index contributed by atoms with van der Waals surface area (Å²) in [6.45, 7) is 1.93. The molecule has 122 valence electrons. The first-order valence-electron chi connectivity index (χ1n) is 7.94. The maximum atomic E-state index is 12.5. The lowest BCUT2D eigenvalue weighted by molar-refractivity contribution is 0.102. The van der Waals surface area contributed by atoms with Crippen LogP contribution in [0.25, 0.3) is 11.2 Å². The zero-order valence-corrected chi connectivity index (χ0v) is 13.6. The Morgan fingerprint density at radius 1 is 1.29 bits per heavy atom. The minimum atomic E-state index is -0.196. The van der Waals surface area contributed by atoms with Crippen molar-refractivity contribution < 1.29 is 9.53 Å². The number of pyridine rings is 1. The predicted octanol–water partition coefficient (Wildman–Crippen LogP) is 3.34. The maximum Gasteiger partial charge on any atom is 0.257 e. The highest BCUT2D eigenvalue weighted by Crippen LogP contribution is 2.36. The number of benzene rings is 1. The number of carbonyl (C=O) groups is 1. The molecule has 1 aromatic carbocycles. The molecule has 1 N–H and O–H groups in total. The van der Waals surface area contributed by atoms with E-state index in [1.165, 1.54) is 12.8 Å². The number of methoxy groups -OCH3 is 1. The summed E-state index contributed by atoms with van der Waals surface area (Å²) in [4.78, 5) is 21.3. The number of imidazole rings is 1. The zero-order chi connectivity index (χ0) is 16.7. The molecule has 1 fully saturated rings. The lowest BCUT2D eigenvalue weighted by Gasteiger charge is -2.10. The van der Waals surface area contributed by atoms with Gasteiger partial charge in [0.05, 0.1) is 19.0 Å². The van der Waals surface area contributed by atoms with Gasteiger partial charge in [-0.3, -0.25) is 4.79 Å². The van der Waals surface area contributed by atoms with Gasteiger partial charge in [0.2, 0.25) is 0 Å². The van der Waals surface area contributed by atoms with Crippen LogP contribution in [0.15, 0.2) is 36.8 Å². The Morgan fingerprint density at radius 3 is 2.83 bits per heavy atom. The van der Waals surface area contributed by atoms with Crippen molar-refractivity contribution in [3.05, 3.63) is 47.9 Å². The molecule has 6 nitrogen and oxygen atoms in total. The second-order valence-electron chi connectivity index (χ2n) is 6.08. The molecule has 0 spiro atoms. The number of aryl methyl sites for hydroxylation is 1. The molecule has 4 rings (SSSR count). The van der Waals surface area contributed by atoms with Crippen LogP contribution < -0.4 is 10.1 Å². The van der Waals surface area contributed by atoms with E-state index in [2.05, 4.69) is 19.9 Å². The summed E-state index contributed by atoms with van der Waals surface area (Å²) in [7, 11) is 1.62. The Labute approximate surface area is 139 Å². The van der Waals surface area contributed by atoms with E-state index in [1.54, 1.807) is 19.4 Å². The van der Waals surface area contributed by atoms with Gasteiger partial charge in [-0.05, 0) is 49.6 Å². The molecule has 0 saturated heterocycles. The van der Waals surface area contributed by atoms with Crippen molar-refractivity contribution in [1.29, 1.82) is 0 Å². The number of rotatable bonds is 4. The molecule has 0 bridgehead atoms. The zero-order valence-electron chi connectivity index (χ0n) is 13.6. The van der Waals surface area contributed by atoms with E-state index in [-0.39, 0.29) is 5.91 Å². The van der Waals surface area contributed by atoms with Gasteiger partial charge in [-0.2, -0.15) is 0 Å². The molecule has 1 aliphatic carbocycles. The lowest BCUT2D eigenvalue weighted by atomic mass is 10.1. The van der Waals surface area contributed by atoms with E-state index in [1.807, 2.05) is 31.5 Å². The fourth-order valence-corrected chi connectivity index (χ4v) is 2.76. The SMILES string of the molecule is COc1ccc(NC(=O)c2cnc3c(c2)ncn3C2CC2)c(C)c1. The Morgan fingerprint density at radius 2 is 2.12 bits per heavy atom. The molecule has 1 amide bonds. The van der Waals surface area contributed by atoms with Gasteiger partial charge in [0.1, 0.15) is 11.3 Å². The topological polar surface area (TPSA) is 69.0 Å². The van der Waals surface area contributed by atoms with Crippen molar-refractivity contribution in [2.24, 2.45) is 0 Å². The molecular weight excluding hydrogens is 304 g/mol. The van der Waals surface area contributed by atoms with Gasteiger partial charge in [0, 0.05) is 17.9 Å². The molecule has 0 radical (unpaired) electrons. The molecule has 3 aromatic rings. The highest BCUT2D eigenvalue weighted by Gasteiger charge is 2.25. The molecule has 0 unspecified atom stereocenters. The third kappa shape index (κ3) is 2.60. The smallest absolute Gasteiger partial charge is 0.257 e. The van der Waals surface area contributed by atoms with Gasteiger partial charge in [-0.15, -0.1) is 0 Å². The summed E-state index contributed by atoms with van der Waals surface area (Å²) in [5.74, 6) is 0.567. The quantitative estimate of drug-likeness (QED) is 0.800. The Kier molecular flexibility index (Phi) is 3.45. The highest BCUT2D eigenvalue weighted by atomic mass is 16.5. The molecule has 1 saturated carbocycles. The van der Waals surface area contributed by atoms with Gasteiger partial charge in [-0.1, -0.05) is 0 Å². The molecule has 24 heavy (non-hydrogen) atoms. The average Bonchev–Trinajstić information content (AvgIpc) is 3.35.